The molecule has 146 valence electrons. The van der Waals surface area contributed by atoms with Crippen LogP contribution in [0, 0.1) is 0 Å². The van der Waals surface area contributed by atoms with Crippen molar-refractivity contribution in [2.75, 3.05) is 38.2 Å². The summed E-state index contributed by atoms with van der Waals surface area (Å²) in [6.45, 7) is 4.17. The Hall–Kier alpha value is -2.48. The number of rotatable bonds is 5. The molecule has 3 rings (SSSR count). The van der Waals surface area contributed by atoms with Gasteiger partial charge < -0.3 is 19.9 Å². The first-order valence-corrected chi connectivity index (χ1v) is 9.19. The van der Waals surface area contributed by atoms with Gasteiger partial charge in [0, 0.05) is 49.4 Å². The van der Waals surface area contributed by atoms with Crippen molar-refractivity contribution in [2.24, 2.45) is 0 Å². The van der Waals surface area contributed by atoms with E-state index in [1.807, 2.05) is 12.1 Å². The third kappa shape index (κ3) is 4.27. The van der Waals surface area contributed by atoms with E-state index in [0.29, 0.717) is 37.0 Å². The number of imide groups is 1. The van der Waals surface area contributed by atoms with Gasteiger partial charge in [-0.15, -0.1) is 0 Å². The summed E-state index contributed by atoms with van der Waals surface area (Å²) in [4.78, 5) is 39.6. The standard InChI is InChI=1S/C18H23ClN4O4/c1-18(16(25)20-17(26)21-18)4-3-15(24)23-7-5-22(6-8-23)13-9-12(19)10-14(11-13)27-2/h9-11H,3-8H2,1-2H3,(H2,20,21,25,26). The number of carbonyl (C=O) groups is 3. The molecule has 0 saturated carbocycles. The van der Waals surface area contributed by atoms with Gasteiger partial charge in [-0.3, -0.25) is 14.9 Å². The fourth-order valence-electron chi connectivity index (χ4n) is 3.33. The Bertz CT molecular complexity index is 764. The quantitative estimate of drug-likeness (QED) is 0.736. The fourth-order valence-corrected chi connectivity index (χ4v) is 3.55. The highest BCUT2D eigenvalue weighted by Crippen LogP contribution is 2.28. The summed E-state index contributed by atoms with van der Waals surface area (Å²) in [6, 6.07) is 5.04. The molecule has 0 spiro atoms. The molecule has 0 bridgehead atoms. The molecule has 0 aromatic heterocycles. The maximum absolute atomic E-state index is 12.5. The van der Waals surface area contributed by atoms with Gasteiger partial charge in [-0.2, -0.15) is 0 Å². The molecule has 2 heterocycles. The molecule has 0 radical (unpaired) electrons. The molecule has 2 saturated heterocycles. The number of anilines is 1. The van der Waals surface area contributed by atoms with Gasteiger partial charge in [0.2, 0.25) is 5.91 Å². The van der Waals surface area contributed by atoms with Crippen LogP contribution >= 0.6 is 11.6 Å². The Morgan fingerprint density at radius 3 is 2.52 bits per heavy atom. The van der Waals surface area contributed by atoms with Crippen LogP contribution < -0.4 is 20.3 Å². The topological polar surface area (TPSA) is 91.0 Å². The van der Waals surface area contributed by atoms with Crippen LogP contribution in [0.3, 0.4) is 0 Å². The molecule has 9 heteroatoms. The summed E-state index contributed by atoms with van der Waals surface area (Å²) >= 11 is 6.13. The van der Waals surface area contributed by atoms with Crippen LogP contribution in [0.5, 0.6) is 5.75 Å². The van der Waals surface area contributed by atoms with E-state index in [4.69, 9.17) is 16.3 Å². The van der Waals surface area contributed by atoms with Crippen LogP contribution in [0.1, 0.15) is 19.8 Å². The molecule has 1 unspecified atom stereocenters. The molecule has 27 heavy (non-hydrogen) atoms. The molecule has 2 aliphatic rings. The molecule has 2 fully saturated rings. The normalized spacial score (nSPS) is 22.5. The zero-order chi connectivity index (χ0) is 19.6. The number of hydrogen-bond acceptors (Lipinski definition) is 5. The Morgan fingerprint density at radius 2 is 1.93 bits per heavy atom. The van der Waals surface area contributed by atoms with Gasteiger partial charge in [-0.1, -0.05) is 11.6 Å². The second kappa shape index (κ2) is 7.64. The maximum atomic E-state index is 12.5. The number of carbonyl (C=O) groups excluding carboxylic acids is 3. The van der Waals surface area contributed by atoms with E-state index in [2.05, 4.69) is 15.5 Å². The lowest BCUT2D eigenvalue weighted by atomic mass is 9.96. The van der Waals surface area contributed by atoms with Gasteiger partial charge in [-0.25, -0.2) is 4.79 Å². The average Bonchev–Trinajstić information content (AvgIpc) is 2.91. The van der Waals surface area contributed by atoms with Gasteiger partial charge in [0.25, 0.3) is 5.91 Å². The van der Waals surface area contributed by atoms with Gasteiger partial charge in [0.05, 0.1) is 7.11 Å². The van der Waals surface area contributed by atoms with Gasteiger partial charge >= 0.3 is 6.03 Å². The molecular weight excluding hydrogens is 372 g/mol. The average molecular weight is 395 g/mol. The number of nitrogens with zero attached hydrogens (tertiary/aromatic N) is 2. The van der Waals surface area contributed by atoms with Crippen molar-refractivity contribution in [1.82, 2.24) is 15.5 Å². The molecule has 2 aliphatic heterocycles. The minimum absolute atomic E-state index is 0.0199. The second-order valence-electron chi connectivity index (χ2n) is 6.96. The van der Waals surface area contributed by atoms with E-state index in [0.717, 1.165) is 5.69 Å². The van der Waals surface area contributed by atoms with E-state index < -0.39 is 11.6 Å². The number of hydrogen-bond donors (Lipinski definition) is 2. The Labute approximate surface area is 162 Å². The lowest BCUT2D eigenvalue weighted by Crippen LogP contribution is -2.50. The number of amides is 4. The van der Waals surface area contributed by atoms with Crippen molar-refractivity contribution in [3.63, 3.8) is 0 Å². The number of nitrogens with one attached hydrogen (secondary N) is 2. The summed E-state index contributed by atoms with van der Waals surface area (Å²) < 4.78 is 5.25. The third-order valence-corrected chi connectivity index (χ3v) is 5.26. The minimum atomic E-state index is -1.02. The van der Waals surface area contributed by atoms with Crippen molar-refractivity contribution in [2.45, 2.75) is 25.3 Å². The number of ether oxygens (including phenoxy) is 1. The monoisotopic (exact) mass is 394 g/mol. The maximum Gasteiger partial charge on any atom is 0.322 e. The van der Waals surface area contributed by atoms with Crippen LogP contribution in [0.15, 0.2) is 18.2 Å². The minimum Gasteiger partial charge on any atom is -0.497 e. The highest BCUT2D eigenvalue weighted by Gasteiger charge is 2.42. The Morgan fingerprint density at radius 1 is 1.22 bits per heavy atom. The van der Waals surface area contributed by atoms with Crippen molar-refractivity contribution in [3.05, 3.63) is 23.2 Å². The lowest BCUT2D eigenvalue weighted by molar-refractivity contribution is -0.132. The van der Waals surface area contributed by atoms with Crippen LogP contribution in [-0.4, -0.2) is 61.6 Å². The molecule has 2 N–H and O–H groups in total. The van der Waals surface area contributed by atoms with E-state index in [9.17, 15) is 14.4 Å². The molecule has 1 aromatic rings. The van der Waals surface area contributed by atoms with E-state index >= 15 is 0 Å². The third-order valence-electron chi connectivity index (χ3n) is 5.05. The number of piperazine rings is 1. The van der Waals surface area contributed by atoms with Crippen LogP contribution in [0.2, 0.25) is 5.02 Å². The molecular formula is C18H23ClN4O4. The number of methoxy groups -OCH3 is 1. The summed E-state index contributed by atoms with van der Waals surface area (Å²) in [6.07, 6.45) is 0.476. The second-order valence-corrected chi connectivity index (χ2v) is 7.39. The Kier molecular flexibility index (Phi) is 5.46. The van der Waals surface area contributed by atoms with Crippen LogP contribution in [0.4, 0.5) is 10.5 Å². The molecule has 8 nitrogen and oxygen atoms in total. The van der Waals surface area contributed by atoms with Gasteiger partial charge in [0.15, 0.2) is 0 Å². The van der Waals surface area contributed by atoms with Crippen molar-refractivity contribution < 1.29 is 19.1 Å². The summed E-state index contributed by atoms with van der Waals surface area (Å²) in [7, 11) is 1.60. The SMILES string of the molecule is COc1cc(Cl)cc(N2CCN(C(=O)CCC3(C)NC(=O)NC3=O)CC2)c1. The highest BCUT2D eigenvalue weighted by atomic mass is 35.5. The molecule has 0 aliphatic carbocycles. The highest BCUT2D eigenvalue weighted by molar-refractivity contribution is 6.31. The van der Waals surface area contributed by atoms with Gasteiger partial charge in [-0.05, 0) is 25.5 Å². The summed E-state index contributed by atoms with van der Waals surface area (Å²) in [5.41, 5.74) is -0.0596. The summed E-state index contributed by atoms with van der Waals surface area (Å²) in [5, 5.41) is 5.39. The van der Waals surface area contributed by atoms with Crippen LogP contribution in [0.25, 0.3) is 0 Å². The molecule has 1 aromatic carbocycles. The number of benzene rings is 1. The zero-order valence-electron chi connectivity index (χ0n) is 15.4. The van der Waals surface area contributed by atoms with E-state index in [1.165, 1.54) is 0 Å². The zero-order valence-corrected chi connectivity index (χ0v) is 16.1. The molecule has 4 amide bonds. The van der Waals surface area contributed by atoms with Crippen molar-refractivity contribution in [1.29, 1.82) is 0 Å². The number of halogens is 1. The van der Waals surface area contributed by atoms with E-state index in [-0.39, 0.29) is 24.7 Å². The number of urea groups is 1. The van der Waals surface area contributed by atoms with Crippen LogP contribution in [-0.2, 0) is 9.59 Å². The predicted molar refractivity (Wildman–Crippen MR) is 101 cm³/mol. The lowest BCUT2D eigenvalue weighted by Gasteiger charge is -2.36. The molecule has 1 atom stereocenters. The first-order valence-electron chi connectivity index (χ1n) is 8.82. The predicted octanol–water partition coefficient (Wildman–Crippen LogP) is 1.38. The Balaban J connectivity index is 1.53. The smallest absolute Gasteiger partial charge is 0.322 e. The van der Waals surface area contributed by atoms with Gasteiger partial charge in [0.1, 0.15) is 11.3 Å². The van der Waals surface area contributed by atoms with Crippen molar-refractivity contribution >= 4 is 35.1 Å². The van der Waals surface area contributed by atoms with Crippen molar-refractivity contribution in [3.8, 4) is 5.75 Å². The summed E-state index contributed by atoms with van der Waals surface area (Å²) in [5.74, 6) is 0.287. The first-order chi connectivity index (χ1) is 12.8. The first kappa shape index (κ1) is 19.3. The fraction of sp³-hybridized carbons (Fsp3) is 0.500. The largest absolute Gasteiger partial charge is 0.497 e. The van der Waals surface area contributed by atoms with E-state index in [1.54, 1.807) is 25.0 Å².